The molecular formula is C30H30FN7O2. The van der Waals surface area contributed by atoms with Crippen molar-refractivity contribution in [2.45, 2.75) is 19.0 Å². The molecule has 1 atom stereocenters. The van der Waals surface area contributed by atoms with Gasteiger partial charge in [-0.25, -0.2) is 9.07 Å². The molecule has 1 fully saturated rings. The molecule has 0 amide bonds. The fraction of sp³-hybridized carbons (Fsp3) is 0.267. The summed E-state index contributed by atoms with van der Waals surface area (Å²) in [4.78, 5) is 21.1. The Bertz CT molecular complexity index is 1640. The predicted octanol–water partition coefficient (Wildman–Crippen LogP) is 3.82. The first-order valence-corrected chi connectivity index (χ1v) is 13.3. The number of anilines is 1. The quantitative estimate of drug-likeness (QED) is 0.321. The van der Waals surface area contributed by atoms with Gasteiger partial charge in [-0.15, -0.1) is 5.10 Å². The van der Waals surface area contributed by atoms with Crippen molar-refractivity contribution in [3.05, 3.63) is 112 Å². The molecule has 1 saturated heterocycles. The first kappa shape index (κ1) is 25.7. The summed E-state index contributed by atoms with van der Waals surface area (Å²) in [6.07, 6.45) is 0.762. The van der Waals surface area contributed by atoms with Gasteiger partial charge >= 0.3 is 0 Å². The van der Waals surface area contributed by atoms with Crippen LogP contribution in [0, 0.1) is 5.82 Å². The largest absolute Gasteiger partial charge is 0.497 e. The maximum absolute atomic E-state index is 13.6. The highest BCUT2D eigenvalue weighted by Gasteiger charge is 2.32. The number of halogens is 1. The Morgan fingerprint density at radius 2 is 1.75 bits per heavy atom. The average Bonchev–Trinajstić information content (AvgIpc) is 3.45. The lowest BCUT2D eigenvalue weighted by Gasteiger charge is -2.39. The number of aryl methyl sites for hydroxylation is 2. The van der Waals surface area contributed by atoms with Gasteiger partial charge < -0.3 is 14.6 Å². The predicted molar refractivity (Wildman–Crippen MR) is 151 cm³/mol. The number of nitrogens with one attached hydrogen (secondary N) is 1. The fourth-order valence-corrected chi connectivity index (χ4v) is 5.36. The molecule has 0 saturated carbocycles. The van der Waals surface area contributed by atoms with Gasteiger partial charge in [-0.3, -0.25) is 9.69 Å². The van der Waals surface area contributed by atoms with Gasteiger partial charge in [0.2, 0.25) is 0 Å². The molecule has 10 heteroatoms. The minimum absolute atomic E-state index is 0.190. The summed E-state index contributed by atoms with van der Waals surface area (Å²) in [5.74, 6) is 1.05. The number of H-pyrrole nitrogens is 1. The van der Waals surface area contributed by atoms with Crippen molar-refractivity contribution in [3.8, 4) is 5.75 Å². The van der Waals surface area contributed by atoms with Gasteiger partial charge in [0.15, 0.2) is 5.82 Å². The molecule has 3 aromatic carbocycles. The van der Waals surface area contributed by atoms with Crippen molar-refractivity contribution in [1.82, 2.24) is 30.1 Å². The summed E-state index contributed by atoms with van der Waals surface area (Å²) in [6.45, 7) is 3.37. The van der Waals surface area contributed by atoms with Gasteiger partial charge in [0.1, 0.15) is 17.6 Å². The number of aromatic nitrogens is 5. The van der Waals surface area contributed by atoms with E-state index in [9.17, 15) is 9.18 Å². The van der Waals surface area contributed by atoms with E-state index in [0.717, 1.165) is 30.6 Å². The minimum Gasteiger partial charge on any atom is -0.497 e. The molecule has 204 valence electrons. The van der Waals surface area contributed by atoms with Crippen LogP contribution in [0.3, 0.4) is 0 Å². The number of methoxy groups -OCH3 is 1. The topological polar surface area (TPSA) is 92.2 Å². The van der Waals surface area contributed by atoms with Crippen LogP contribution < -0.4 is 15.2 Å². The molecule has 9 nitrogen and oxygen atoms in total. The van der Waals surface area contributed by atoms with Crippen molar-refractivity contribution in [2.24, 2.45) is 0 Å². The summed E-state index contributed by atoms with van der Waals surface area (Å²) < 4.78 is 20.6. The van der Waals surface area contributed by atoms with E-state index in [1.54, 1.807) is 19.2 Å². The highest BCUT2D eigenvalue weighted by molar-refractivity contribution is 5.80. The van der Waals surface area contributed by atoms with Crippen LogP contribution in [-0.2, 0) is 13.0 Å². The van der Waals surface area contributed by atoms with Crippen LogP contribution in [0.25, 0.3) is 10.9 Å². The molecule has 1 aliphatic heterocycles. The van der Waals surface area contributed by atoms with E-state index in [2.05, 4.69) is 42.4 Å². The Balaban J connectivity index is 1.34. The number of hydrogen-bond acceptors (Lipinski definition) is 7. The molecule has 40 heavy (non-hydrogen) atoms. The highest BCUT2D eigenvalue weighted by Crippen LogP contribution is 2.30. The van der Waals surface area contributed by atoms with Crippen LogP contribution >= 0.6 is 0 Å². The second-order valence-corrected chi connectivity index (χ2v) is 9.90. The number of tetrazole rings is 1. The summed E-state index contributed by atoms with van der Waals surface area (Å²) in [5, 5.41) is 13.7. The van der Waals surface area contributed by atoms with Crippen LogP contribution in [-0.4, -0.2) is 63.4 Å². The van der Waals surface area contributed by atoms with Crippen LogP contribution in [0.15, 0.2) is 83.7 Å². The number of hydrogen-bond donors (Lipinski definition) is 1. The standard InChI is InChI=1S/C30H30FN7O2/c1-40-25-12-7-22-19-26(30(39)32-27(22)20-25)28(29-33-34-35-38(29)14-13-21-5-3-2-4-6-21)37-17-15-36(16-18-37)24-10-8-23(31)9-11-24/h2-12,19-20,28H,13-18H2,1H3,(H,32,39)/t28-/m0/s1. The van der Waals surface area contributed by atoms with Gasteiger partial charge in [0.05, 0.1) is 12.6 Å². The molecule has 1 aliphatic rings. The van der Waals surface area contributed by atoms with Gasteiger partial charge in [-0.2, -0.15) is 0 Å². The molecule has 3 heterocycles. The van der Waals surface area contributed by atoms with Gasteiger partial charge in [-0.1, -0.05) is 30.3 Å². The van der Waals surface area contributed by atoms with Crippen LogP contribution in [0.2, 0.25) is 0 Å². The molecule has 0 radical (unpaired) electrons. The Labute approximate surface area is 230 Å². The summed E-state index contributed by atoms with van der Waals surface area (Å²) in [7, 11) is 1.60. The molecule has 5 aromatic rings. The average molecular weight is 540 g/mol. The number of aromatic amines is 1. The first-order valence-electron chi connectivity index (χ1n) is 13.3. The number of fused-ring (bicyclic) bond motifs is 1. The Hall–Kier alpha value is -4.57. The Morgan fingerprint density at radius 1 is 0.975 bits per heavy atom. The number of nitrogens with zero attached hydrogens (tertiary/aromatic N) is 6. The third-order valence-corrected chi connectivity index (χ3v) is 7.51. The monoisotopic (exact) mass is 539 g/mol. The van der Waals surface area contributed by atoms with E-state index in [1.807, 2.05) is 47.1 Å². The number of benzene rings is 3. The van der Waals surface area contributed by atoms with Crippen molar-refractivity contribution < 1.29 is 9.13 Å². The van der Waals surface area contributed by atoms with E-state index in [4.69, 9.17) is 4.74 Å². The van der Waals surface area contributed by atoms with Gasteiger partial charge in [-0.05, 0) is 70.3 Å². The summed E-state index contributed by atoms with van der Waals surface area (Å²) in [5.41, 5.74) is 3.26. The molecule has 2 aromatic heterocycles. The van der Waals surface area contributed by atoms with E-state index in [1.165, 1.54) is 17.7 Å². The molecule has 0 spiro atoms. The minimum atomic E-state index is -0.448. The lowest BCUT2D eigenvalue weighted by atomic mass is 10.0. The Morgan fingerprint density at radius 3 is 2.50 bits per heavy atom. The zero-order valence-electron chi connectivity index (χ0n) is 22.2. The van der Waals surface area contributed by atoms with E-state index < -0.39 is 6.04 Å². The third-order valence-electron chi connectivity index (χ3n) is 7.51. The number of ether oxygens (including phenoxy) is 1. The Kier molecular flexibility index (Phi) is 7.24. The van der Waals surface area contributed by atoms with Gasteiger partial charge in [0.25, 0.3) is 5.56 Å². The van der Waals surface area contributed by atoms with Crippen molar-refractivity contribution in [1.29, 1.82) is 0 Å². The number of pyridine rings is 1. The highest BCUT2D eigenvalue weighted by atomic mass is 19.1. The smallest absolute Gasteiger partial charge is 0.253 e. The summed E-state index contributed by atoms with van der Waals surface area (Å²) >= 11 is 0. The van der Waals surface area contributed by atoms with Crippen LogP contribution in [0.1, 0.15) is 23.0 Å². The van der Waals surface area contributed by atoms with Crippen LogP contribution in [0.5, 0.6) is 5.75 Å². The van der Waals surface area contributed by atoms with Crippen molar-refractivity contribution in [3.63, 3.8) is 0 Å². The fourth-order valence-electron chi connectivity index (χ4n) is 5.36. The van der Waals surface area contributed by atoms with Crippen LogP contribution in [0.4, 0.5) is 10.1 Å². The molecule has 0 bridgehead atoms. The van der Waals surface area contributed by atoms with E-state index >= 15 is 0 Å². The normalized spacial score (nSPS) is 14.9. The maximum Gasteiger partial charge on any atom is 0.253 e. The number of piperazine rings is 1. The zero-order chi connectivity index (χ0) is 27.5. The van der Waals surface area contributed by atoms with Gasteiger partial charge in [0, 0.05) is 50.0 Å². The molecule has 0 unspecified atom stereocenters. The van der Waals surface area contributed by atoms with E-state index in [-0.39, 0.29) is 11.4 Å². The number of rotatable bonds is 8. The summed E-state index contributed by atoms with van der Waals surface area (Å²) in [6, 6.07) is 23.9. The third kappa shape index (κ3) is 5.30. The SMILES string of the molecule is COc1ccc2cc([C@@H](c3nnnn3CCc3ccccc3)N3CCN(c4ccc(F)cc4)CC3)c(=O)[nH]c2c1. The lowest BCUT2D eigenvalue weighted by molar-refractivity contribution is 0.199. The second-order valence-electron chi connectivity index (χ2n) is 9.90. The van der Waals surface area contributed by atoms with E-state index in [0.29, 0.717) is 42.3 Å². The maximum atomic E-state index is 13.6. The molecule has 1 N–H and O–H groups in total. The second kappa shape index (κ2) is 11.3. The molecule has 0 aliphatic carbocycles. The lowest BCUT2D eigenvalue weighted by Crippen LogP contribution is -2.49. The first-order chi connectivity index (χ1) is 19.6. The van der Waals surface area contributed by atoms with Crippen molar-refractivity contribution in [2.75, 3.05) is 38.2 Å². The zero-order valence-corrected chi connectivity index (χ0v) is 22.2. The molecule has 6 rings (SSSR count). The van der Waals surface area contributed by atoms with Crippen molar-refractivity contribution >= 4 is 16.6 Å². The molecular weight excluding hydrogens is 509 g/mol.